The lowest BCUT2D eigenvalue weighted by molar-refractivity contribution is 0.0695. The molecule has 21 heavy (non-hydrogen) atoms. The lowest BCUT2D eigenvalue weighted by atomic mass is 10.1. The van der Waals surface area contributed by atoms with E-state index in [0.717, 1.165) is 11.4 Å². The molecule has 0 bridgehead atoms. The minimum Gasteiger partial charge on any atom is -0.478 e. The number of furan rings is 1. The second-order valence-electron chi connectivity index (χ2n) is 5.24. The van der Waals surface area contributed by atoms with Gasteiger partial charge in [-0.1, -0.05) is 6.07 Å². The number of nitrogens with one attached hydrogen (secondary N) is 1. The minimum absolute atomic E-state index is 0.213. The lowest BCUT2D eigenvalue weighted by Crippen LogP contribution is -2.10. The molecule has 0 aliphatic carbocycles. The molecule has 5 nitrogen and oxygen atoms in total. The fraction of sp³-hybridized carbons (Fsp3) is 0.312. The third-order valence-corrected chi connectivity index (χ3v) is 3.36. The molecule has 0 radical (unpaired) electrons. The van der Waals surface area contributed by atoms with Crippen LogP contribution in [0.2, 0.25) is 0 Å². The fourth-order valence-corrected chi connectivity index (χ4v) is 2.23. The first-order valence-corrected chi connectivity index (χ1v) is 6.73. The number of nitrogens with zero attached hydrogens (tertiary/aromatic N) is 1. The second kappa shape index (κ2) is 5.91. The smallest absolute Gasteiger partial charge is 0.339 e. The maximum atomic E-state index is 11.0. The first-order valence-electron chi connectivity index (χ1n) is 6.73. The van der Waals surface area contributed by atoms with E-state index in [1.165, 1.54) is 5.56 Å². The van der Waals surface area contributed by atoms with Gasteiger partial charge in [-0.25, -0.2) is 4.79 Å². The number of carbonyl (C=O) groups is 1. The van der Waals surface area contributed by atoms with Crippen LogP contribution in [-0.2, 0) is 6.54 Å². The summed E-state index contributed by atoms with van der Waals surface area (Å²) in [5, 5.41) is 12.3. The molecule has 2 rings (SSSR count). The zero-order valence-corrected chi connectivity index (χ0v) is 12.7. The average Bonchev–Trinajstić information content (AvgIpc) is 2.79. The molecule has 1 heterocycles. The topological polar surface area (TPSA) is 65.7 Å². The summed E-state index contributed by atoms with van der Waals surface area (Å²) in [6.45, 7) is 4.17. The van der Waals surface area contributed by atoms with Gasteiger partial charge in [0.1, 0.15) is 17.1 Å². The molecule has 5 heteroatoms. The summed E-state index contributed by atoms with van der Waals surface area (Å²) in [4.78, 5) is 13.0. The van der Waals surface area contributed by atoms with Crippen molar-refractivity contribution in [1.29, 1.82) is 0 Å². The SMILES string of the molecule is Cc1ccc(NCc2cc(C(=O)O)c(C)o2)cc1N(C)C. The monoisotopic (exact) mass is 288 g/mol. The highest BCUT2D eigenvalue weighted by molar-refractivity contribution is 5.88. The summed E-state index contributed by atoms with van der Waals surface area (Å²) in [5.74, 6) is 0.0711. The molecular weight excluding hydrogens is 268 g/mol. The molecule has 0 spiro atoms. The number of hydrogen-bond acceptors (Lipinski definition) is 4. The molecule has 2 N–H and O–H groups in total. The van der Waals surface area contributed by atoms with Gasteiger partial charge in [0.05, 0.1) is 6.54 Å². The second-order valence-corrected chi connectivity index (χ2v) is 5.24. The van der Waals surface area contributed by atoms with Gasteiger partial charge < -0.3 is 19.7 Å². The Balaban J connectivity index is 2.11. The van der Waals surface area contributed by atoms with Gasteiger partial charge in [0, 0.05) is 25.5 Å². The summed E-state index contributed by atoms with van der Waals surface area (Å²) in [6, 6.07) is 7.67. The van der Waals surface area contributed by atoms with Gasteiger partial charge in [-0.15, -0.1) is 0 Å². The van der Waals surface area contributed by atoms with Crippen molar-refractivity contribution in [3.63, 3.8) is 0 Å². The molecular formula is C16H20N2O3. The summed E-state index contributed by atoms with van der Waals surface area (Å²) >= 11 is 0. The number of aromatic carboxylic acids is 1. The first-order chi connectivity index (χ1) is 9.88. The van der Waals surface area contributed by atoms with E-state index < -0.39 is 5.97 Å². The number of carboxylic acids is 1. The third-order valence-electron chi connectivity index (χ3n) is 3.36. The normalized spacial score (nSPS) is 10.5. The van der Waals surface area contributed by atoms with Crippen LogP contribution in [0.1, 0.15) is 27.4 Å². The number of carboxylic acid groups (broad SMARTS) is 1. The standard InChI is InChI=1S/C16H20N2O3/c1-10-5-6-12(7-15(10)18(3)4)17-9-13-8-14(16(19)20)11(2)21-13/h5-8,17H,9H2,1-4H3,(H,19,20). The zero-order valence-electron chi connectivity index (χ0n) is 12.7. The van der Waals surface area contributed by atoms with Crippen molar-refractivity contribution in [2.45, 2.75) is 20.4 Å². The van der Waals surface area contributed by atoms with Crippen molar-refractivity contribution >= 4 is 17.3 Å². The molecule has 1 aromatic heterocycles. The Hall–Kier alpha value is -2.43. The Labute approximate surface area is 124 Å². The maximum absolute atomic E-state index is 11.0. The summed E-state index contributed by atoms with van der Waals surface area (Å²) in [6.07, 6.45) is 0. The summed E-state index contributed by atoms with van der Waals surface area (Å²) < 4.78 is 5.45. The van der Waals surface area contributed by atoms with Crippen molar-refractivity contribution in [3.8, 4) is 0 Å². The number of benzene rings is 1. The van der Waals surface area contributed by atoms with Crippen LogP contribution in [-0.4, -0.2) is 25.2 Å². The van der Waals surface area contributed by atoms with Crippen LogP contribution >= 0.6 is 0 Å². The van der Waals surface area contributed by atoms with Crippen molar-refractivity contribution < 1.29 is 14.3 Å². The van der Waals surface area contributed by atoms with Crippen LogP contribution in [0.4, 0.5) is 11.4 Å². The maximum Gasteiger partial charge on any atom is 0.339 e. The van der Waals surface area contributed by atoms with Crippen LogP contribution in [0.3, 0.4) is 0 Å². The van der Waals surface area contributed by atoms with Gasteiger partial charge in [-0.05, 0) is 37.6 Å². The Morgan fingerprint density at radius 2 is 2.00 bits per heavy atom. The Morgan fingerprint density at radius 1 is 1.29 bits per heavy atom. The van der Waals surface area contributed by atoms with Gasteiger partial charge in [-0.3, -0.25) is 0 Å². The molecule has 0 saturated heterocycles. The van der Waals surface area contributed by atoms with Crippen molar-refractivity contribution in [1.82, 2.24) is 0 Å². The highest BCUT2D eigenvalue weighted by atomic mass is 16.4. The molecule has 0 unspecified atom stereocenters. The van der Waals surface area contributed by atoms with Crippen LogP contribution in [0.5, 0.6) is 0 Å². The van der Waals surface area contributed by atoms with E-state index in [4.69, 9.17) is 9.52 Å². The van der Waals surface area contributed by atoms with Crippen LogP contribution in [0.25, 0.3) is 0 Å². The van der Waals surface area contributed by atoms with Crippen molar-refractivity contribution in [2.24, 2.45) is 0 Å². The highest BCUT2D eigenvalue weighted by Crippen LogP contribution is 2.23. The number of hydrogen-bond donors (Lipinski definition) is 2. The average molecular weight is 288 g/mol. The van der Waals surface area contributed by atoms with Crippen LogP contribution in [0, 0.1) is 13.8 Å². The van der Waals surface area contributed by atoms with E-state index in [0.29, 0.717) is 18.1 Å². The number of rotatable bonds is 5. The molecule has 112 valence electrons. The molecule has 1 aromatic carbocycles. The molecule has 0 atom stereocenters. The van der Waals surface area contributed by atoms with E-state index in [-0.39, 0.29) is 5.56 Å². The van der Waals surface area contributed by atoms with E-state index in [1.54, 1.807) is 13.0 Å². The molecule has 0 amide bonds. The van der Waals surface area contributed by atoms with Crippen LogP contribution < -0.4 is 10.2 Å². The zero-order chi connectivity index (χ0) is 15.6. The third kappa shape index (κ3) is 3.37. The Morgan fingerprint density at radius 3 is 2.57 bits per heavy atom. The van der Waals surface area contributed by atoms with Gasteiger partial charge in [0.2, 0.25) is 0 Å². The molecule has 2 aromatic rings. The van der Waals surface area contributed by atoms with E-state index in [9.17, 15) is 4.79 Å². The lowest BCUT2D eigenvalue weighted by Gasteiger charge is -2.17. The van der Waals surface area contributed by atoms with Crippen molar-refractivity contribution in [2.75, 3.05) is 24.3 Å². The molecule has 0 aliphatic heterocycles. The van der Waals surface area contributed by atoms with Gasteiger partial charge >= 0.3 is 5.97 Å². The van der Waals surface area contributed by atoms with Gasteiger partial charge in [0.25, 0.3) is 0 Å². The first kappa shape index (κ1) is 15.0. The quantitative estimate of drug-likeness (QED) is 0.884. The number of anilines is 2. The number of aryl methyl sites for hydroxylation is 2. The Bertz CT molecular complexity index is 660. The largest absolute Gasteiger partial charge is 0.478 e. The highest BCUT2D eigenvalue weighted by Gasteiger charge is 2.13. The van der Waals surface area contributed by atoms with Gasteiger partial charge in [-0.2, -0.15) is 0 Å². The van der Waals surface area contributed by atoms with Crippen molar-refractivity contribution in [3.05, 3.63) is 46.9 Å². The van der Waals surface area contributed by atoms with Gasteiger partial charge in [0.15, 0.2) is 0 Å². The summed E-state index contributed by atoms with van der Waals surface area (Å²) in [7, 11) is 4.00. The predicted molar refractivity (Wildman–Crippen MR) is 83.2 cm³/mol. The summed E-state index contributed by atoms with van der Waals surface area (Å²) in [5.41, 5.74) is 3.52. The van der Waals surface area contributed by atoms with Crippen LogP contribution in [0.15, 0.2) is 28.7 Å². The molecule has 0 saturated carbocycles. The Kier molecular flexibility index (Phi) is 4.21. The molecule has 0 fully saturated rings. The molecule has 0 aliphatic rings. The van der Waals surface area contributed by atoms with E-state index >= 15 is 0 Å². The predicted octanol–water partition coefficient (Wildman–Crippen LogP) is 3.27. The van der Waals surface area contributed by atoms with E-state index in [2.05, 4.69) is 23.2 Å². The fourth-order valence-electron chi connectivity index (χ4n) is 2.23. The minimum atomic E-state index is -0.965. The van der Waals surface area contributed by atoms with E-state index in [1.807, 2.05) is 26.2 Å².